The fourth-order valence-electron chi connectivity index (χ4n) is 1.71. The first kappa shape index (κ1) is 14.0. The Morgan fingerprint density at radius 2 is 2.20 bits per heavy atom. The SMILES string of the molecule is Cc1nc(CNS(=O)(=O)c2c(Cl)nc3sccn23)cs1. The van der Waals surface area contributed by atoms with E-state index >= 15 is 0 Å². The van der Waals surface area contributed by atoms with Gasteiger partial charge in [-0.3, -0.25) is 4.40 Å². The summed E-state index contributed by atoms with van der Waals surface area (Å²) in [6.45, 7) is 1.99. The van der Waals surface area contributed by atoms with E-state index in [-0.39, 0.29) is 16.7 Å². The van der Waals surface area contributed by atoms with Crippen LogP contribution in [0.25, 0.3) is 4.96 Å². The van der Waals surface area contributed by atoms with Crippen molar-refractivity contribution < 1.29 is 8.42 Å². The third-order valence-electron chi connectivity index (χ3n) is 2.54. The third kappa shape index (κ3) is 2.47. The second-order valence-corrected chi connectivity index (χ2v) is 7.92. The Labute approximate surface area is 128 Å². The highest BCUT2D eigenvalue weighted by atomic mass is 35.5. The summed E-state index contributed by atoms with van der Waals surface area (Å²) in [5.41, 5.74) is 0.679. The molecule has 0 radical (unpaired) electrons. The number of sulfonamides is 1. The molecule has 0 spiro atoms. The van der Waals surface area contributed by atoms with Gasteiger partial charge < -0.3 is 0 Å². The molecule has 0 fully saturated rings. The second-order valence-electron chi connectivity index (χ2n) is 3.95. The predicted molar refractivity (Wildman–Crippen MR) is 79.0 cm³/mol. The lowest BCUT2D eigenvalue weighted by Gasteiger charge is -2.04. The molecule has 0 atom stereocenters. The van der Waals surface area contributed by atoms with Crippen LogP contribution in [0.2, 0.25) is 5.15 Å². The molecule has 0 bridgehead atoms. The number of aromatic nitrogens is 3. The van der Waals surface area contributed by atoms with Crippen LogP contribution in [0.15, 0.2) is 22.0 Å². The van der Waals surface area contributed by atoms with Crippen LogP contribution >= 0.6 is 34.3 Å². The van der Waals surface area contributed by atoms with Gasteiger partial charge in [-0.1, -0.05) is 11.6 Å². The summed E-state index contributed by atoms with van der Waals surface area (Å²) in [6, 6.07) is 0. The van der Waals surface area contributed by atoms with Crippen LogP contribution in [-0.4, -0.2) is 22.8 Å². The van der Waals surface area contributed by atoms with E-state index in [0.29, 0.717) is 10.7 Å². The number of imidazole rings is 1. The molecule has 20 heavy (non-hydrogen) atoms. The highest BCUT2D eigenvalue weighted by molar-refractivity contribution is 7.89. The molecule has 0 saturated carbocycles. The molecule has 1 N–H and O–H groups in total. The smallest absolute Gasteiger partial charge is 0.260 e. The fourth-order valence-corrected chi connectivity index (χ4v) is 4.76. The van der Waals surface area contributed by atoms with E-state index in [4.69, 9.17) is 11.6 Å². The van der Waals surface area contributed by atoms with Gasteiger partial charge in [-0.25, -0.2) is 23.1 Å². The van der Waals surface area contributed by atoms with Gasteiger partial charge in [-0.2, -0.15) is 0 Å². The van der Waals surface area contributed by atoms with Crippen molar-refractivity contribution >= 4 is 49.3 Å². The van der Waals surface area contributed by atoms with Gasteiger partial charge in [0.25, 0.3) is 10.0 Å². The largest absolute Gasteiger partial charge is 0.279 e. The fraction of sp³-hybridized carbons (Fsp3) is 0.200. The van der Waals surface area contributed by atoms with E-state index < -0.39 is 10.0 Å². The Morgan fingerprint density at radius 3 is 2.90 bits per heavy atom. The zero-order valence-corrected chi connectivity index (χ0v) is 13.4. The molecule has 0 aliphatic rings. The lowest BCUT2D eigenvalue weighted by molar-refractivity contribution is 0.576. The van der Waals surface area contributed by atoms with Gasteiger partial charge in [0.1, 0.15) is 0 Å². The summed E-state index contributed by atoms with van der Waals surface area (Å²) in [5, 5.41) is 4.39. The normalized spacial score (nSPS) is 12.3. The molecular formula is C10H9ClN4O2S3. The van der Waals surface area contributed by atoms with Crippen molar-refractivity contribution in [2.75, 3.05) is 0 Å². The van der Waals surface area contributed by atoms with Gasteiger partial charge in [0.2, 0.25) is 0 Å². The van der Waals surface area contributed by atoms with E-state index in [1.54, 1.807) is 11.6 Å². The molecule has 0 aliphatic carbocycles. The van der Waals surface area contributed by atoms with Gasteiger partial charge in [0.05, 0.1) is 17.2 Å². The molecule has 3 aromatic heterocycles. The van der Waals surface area contributed by atoms with Crippen LogP contribution in [0.4, 0.5) is 0 Å². The Kier molecular flexibility index (Phi) is 3.55. The van der Waals surface area contributed by atoms with Crippen molar-refractivity contribution in [3.05, 3.63) is 32.8 Å². The van der Waals surface area contributed by atoms with Crippen LogP contribution in [0.5, 0.6) is 0 Å². The zero-order chi connectivity index (χ0) is 14.3. The van der Waals surface area contributed by atoms with Crippen LogP contribution in [0.3, 0.4) is 0 Å². The van der Waals surface area contributed by atoms with E-state index in [1.165, 1.54) is 27.1 Å². The summed E-state index contributed by atoms with van der Waals surface area (Å²) in [7, 11) is -3.74. The number of rotatable bonds is 4. The molecule has 0 saturated heterocycles. The van der Waals surface area contributed by atoms with Crippen molar-refractivity contribution in [1.29, 1.82) is 0 Å². The second kappa shape index (κ2) is 5.08. The summed E-state index contributed by atoms with van der Waals surface area (Å²) in [4.78, 5) is 8.76. The maximum atomic E-state index is 12.3. The maximum Gasteiger partial charge on any atom is 0.260 e. The number of aryl methyl sites for hydroxylation is 1. The third-order valence-corrected chi connectivity index (χ3v) is 5.92. The van der Waals surface area contributed by atoms with Crippen molar-refractivity contribution in [3.8, 4) is 0 Å². The minimum absolute atomic E-state index is 0.0289. The standard InChI is InChI=1S/C10H9ClN4O2S3/c1-6-13-7(5-19-6)4-12-20(16,17)9-8(11)14-10-15(9)2-3-18-10/h2-3,5,12H,4H2,1H3. The van der Waals surface area contributed by atoms with Gasteiger partial charge in [0, 0.05) is 17.0 Å². The van der Waals surface area contributed by atoms with E-state index in [9.17, 15) is 8.42 Å². The average molecular weight is 349 g/mol. The first-order valence-corrected chi connectivity index (χ1v) is 9.11. The number of nitrogens with one attached hydrogen (secondary N) is 1. The Morgan fingerprint density at radius 1 is 1.40 bits per heavy atom. The number of nitrogens with zero attached hydrogens (tertiary/aromatic N) is 3. The number of hydrogen-bond acceptors (Lipinski definition) is 6. The molecule has 0 amide bonds. The number of halogens is 1. The monoisotopic (exact) mass is 348 g/mol. The van der Waals surface area contributed by atoms with E-state index in [1.807, 2.05) is 12.3 Å². The quantitative estimate of drug-likeness (QED) is 0.784. The van der Waals surface area contributed by atoms with Gasteiger partial charge in [0.15, 0.2) is 15.1 Å². The van der Waals surface area contributed by atoms with Gasteiger partial charge >= 0.3 is 0 Å². The molecule has 3 rings (SSSR count). The van der Waals surface area contributed by atoms with Gasteiger partial charge in [-0.15, -0.1) is 22.7 Å². The molecule has 6 nitrogen and oxygen atoms in total. The Bertz CT molecular complexity index is 864. The summed E-state index contributed by atoms with van der Waals surface area (Å²) in [6.07, 6.45) is 1.63. The summed E-state index contributed by atoms with van der Waals surface area (Å²) < 4.78 is 28.6. The molecule has 0 aliphatic heterocycles. The number of thiazole rings is 2. The van der Waals surface area contributed by atoms with Crippen LogP contribution in [0.1, 0.15) is 10.7 Å². The van der Waals surface area contributed by atoms with Crippen molar-refractivity contribution in [2.45, 2.75) is 18.5 Å². The van der Waals surface area contributed by atoms with E-state index in [0.717, 1.165) is 5.01 Å². The average Bonchev–Trinajstić information content (AvgIpc) is 3.02. The van der Waals surface area contributed by atoms with Crippen LogP contribution in [-0.2, 0) is 16.6 Å². The lowest BCUT2D eigenvalue weighted by Crippen LogP contribution is -2.24. The lowest BCUT2D eigenvalue weighted by atomic mass is 10.5. The first-order chi connectivity index (χ1) is 9.47. The minimum atomic E-state index is -3.74. The molecule has 0 unspecified atom stereocenters. The summed E-state index contributed by atoms with van der Waals surface area (Å²) >= 11 is 8.71. The number of fused-ring (bicyclic) bond motifs is 1. The van der Waals surface area contributed by atoms with Crippen molar-refractivity contribution in [3.63, 3.8) is 0 Å². The number of hydrogen-bond donors (Lipinski definition) is 1. The first-order valence-electron chi connectivity index (χ1n) is 5.49. The topological polar surface area (TPSA) is 76.4 Å². The molecule has 3 aromatic rings. The highest BCUT2D eigenvalue weighted by Gasteiger charge is 2.24. The zero-order valence-electron chi connectivity index (χ0n) is 10.2. The highest BCUT2D eigenvalue weighted by Crippen LogP contribution is 2.25. The summed E-state index contributed by atoms with van der Waals surface area (Å²) in [5.74, 6) is 0. The Balaban J connectivity index is 1.91. The Hall–Kier alpha value is -1.00. The van der Waals surface area contributed by atoms with Crippen molar-refractivity contribution in [2.24, 2.45) is 0 Å². The molecular weight excluding hydrogens is 340 g/mol. The maximum absolute atomic E-state index is 12.3. The minimum Gasteiger partial charge on any atom is -0.279 e. The molecule has 106 valence electrons. The predicted octanol–water partition coefficient (Wildman–Crippen LogP) is 2.29. The molecule has 10 heteroatoms. The van der Waals surface area contributed by atoms with Gasteiger partial charge in [-0.05, 0) is 6.92 Å². The molecule has 3 heterocycles. The van der Waals surface area contributed by atoms with Crippen molar-refractivity contribution in [1.82, 2.24) is 19.1 Å². The van der Waals surface area contributed by atoms with Crippen LogP contribution in [0, 0.1) is 6.92 Å². The van der Waals surface area contributed by atoms with Crippen LogP contribution < -0.4 is 4.72 Å². The molecule has 0 aromatic carbocycles. The van der Waals surface area contributed by atoms with E-state index in [2.05, 4.69) is 14.7 Å².